The minimum atomic E-state index is -3.77. The first kappa shape index (κ1) is 28.4. The van der Waals surface area contributed by atoms with E-state index in [2.05, 4.69) is 20.6 Å². The SMILES string of the molecule is COc1ccccc1C(=O)c1cc(C)ccc1NC(=O)Nc1ncc(CCS(=O)(=O)c2ccc(C(=O)O)cn2)s1. The number of carboxylic acid groups (broad SMARTS) is 1. The number of aromatic carboxylic acids is 1. The largest absolute Gasteiger partial charge is 0.496 e. The van der Waals surface area contributed by atoms with Gasteiger partial charge in [-0.05, 0) is 49.7 Å². The number of aryl methyl sites for hydroxylation is 2. The lowest BCUT2D eigenvalue weighted by atomic mass is 9.99. The molecule has 4 rings (SSSR count). The standard InChI is InChI=1S/C27H24N4O7S2/c1-16-7-9-21(20(13-16)24(32)19-5-3-4-6-22(19)38-2)30-26(35)31-27-29-15-18(39-27)11-12-40(36,37)23-10-8-17(14-28-23)25(33)34/h3-10,13-15H,11-12H2,1-2H3,(H,33,34)(H2,29,30,31,35). The third-order valence-corrected chi connectivity index (χ3v) is 8.31. The molecule has 2 aromatic heterocycles. The number of carboxylic acids is 1. The molecule has 0 spiro atoms. The molecule has 0 fully saturated rings. The van der Waals surface area contributed by atoms with Gasteiger partial charge in [-0.25, -0.2) is 28.0 Å². The summed E-state index contributed by atoms with van der Waals surface area (Å²) in [6.07, 6.45) is 2.56. The van der Waals surface area contributed by atoms with Crippen LogP contribution in [0.5, 0.6) is 5.75 Å². The van der Waals surface area contributed by atoms with Crippen molar-refractivity contribution in [3.63, 3.8) is 0 Å². The van der Waals surface area contributed by atoms with Crippen molar-refractivity contribution < 1.29 is 32.6 Å². The molecule has 0 saturated heterocycles. The van der Waals surface area contributed by atoms with Gasteiger partial charge in [-0.2, -0.15) is 0 Å². The van der Waals surface area contributed by atoms with Crippen LogP contribution in [0.4, 0.5) is 15.6 Å². The summed E-state index contributed by atoms with van der Waals surface area (Å²) in [6, 6.07) is 13.6. The van der Waals surface area contributed by atoms with Gasteiger partial charge in [0.15, 0.2) is 25.8 Å². The molecule has 0 radical (unpaired) electrons. The number of carbonyl (C=O) groups excluding carboxylic acids is 2. The van der Waals surface area contributed by atoms with Crippen LogP contribution in [0.2, 0.25) is 0 Å². The highest BCUT2D eigenvalue weighted by Gasteiger charge is 2.20. The van der Waals surface area contributed by atoms with E-state index < -0.39 is 21.8 Å². The number of rotatable bonds is 10. The number of pyridine rings is 1. The zero-order valence-electron chi connectivity index (χ0n) is 21.4. The molecule has 3 N–H and O–H groups in total. The van der Waals surface area contributed by atoms with Crippen molar-refractivity contribution in [3.8, 4) is 5.75 Å². The zero-order chi connectivity index (χ0) is 28.9. The predicted octanol–water partition coefficient (Wildman–Crippen LogP) is 4.44. The van der Waals surface area contributed by atoms with Crippen LogP contribution in [0.3, 0.4) is 0 Å². The van der Waals surface area contributed by atoms with Crippen LogP contribution < -0.4 is 15.4 Å². The quantitative estimate of drug-likeness (QED) is 0.230. The Balaban J connectivity index is 1.41. The van der Waals surface area contributed by atoms with Crippen molar-refractivity contribution >= 4 is 49.8 Å². The average Bonchev–Trinajstić information content (AvgIpc) is 3.39. The summed E-state index contributed by atoms with van der Waals surface area (Å²) in [5.74, 6) is -1.39. The van der Waals surface area contributed by atoms with E-state index in [4.69, 9.17) is 9.84 Å². The number of para-hydroxylation sites is 1. The third kappa shape index (κ3) is 6.68. The Morgan fingerprint density at radius 3 is 2.45 bits per heavy atom. The van der Waals surface area contributed by atoms with Crippen LogP contribution in [-0.4, -0.2) is 54.1 Å². The van der Waals surface area contributed by atoms with Gasteiger partial charge in [-0.1, -0.05) is 23.8 Å². The smallest absolute Gasteiger partial charge is 0.337 e. The van der Waals surface area contributed by atoms with E-state index in [-0.39, 0.29) is 39.2 Å². The number of sulfone groups is 1. The van der Waals surface area contributed by atoms with Gasteiger partial charge < -0.3 is 15.2 Å². The van der Waals surface area contributed by atoms with E-state index in [0.717, 1.165) is 29.2 Å². The highest BCUT2D eigenvalue weighted by molar-refractivity contribution is 7.91. The second-order valence-corrected chi connectivity index (χ2v) is 11.7. The number of ether oxygens (including phenoxy) is 1. The van der Waals surface area contributed by atoms with E-state index in [1.165, 1.54) is 19.4 Å². The molecule has 2 aromatic carbocycles. The fraction of sp³-hybridized carbons (Fsp3) is 0.148. The van der Waals surface area contributed by atoms with Crippen molar-refractivity contribution in [2.45, 2.75) is 18.4 Å². The van der Waals surface area contributed by atoms with Crippen LogP contribution in [0.1, 0.15) is 36.7 Å². The Labute approximate surface area is 233 Å². The number of amides is 2. The van der Waals surface area contributed by atoms with Crippen LogP contribution in [-0.2, 0) is 16.3 Å². The molecule has 2 amide bonds. The first-order valence-corrected chi connectivity index (χ1v) is 14.3. The maximum Gasteiger partial charge on any atom is 0.337 e. The predicted molar refractivity (Wildman–Crippen MR) is 149 cm³/mol. The molecule has 40 heavy (non-hydrogen) atoms. The van der Waals surface area contributed by atoms with E-state index in [1.54, 1.807) is 42.5 Å². The number of nitrogens with one attached hydrogen (secondary N) is 2. The van der Waals surface area contributed by atoms with E-state index in [0.29, 0.717) is 21.9 Å². The summed E-state index contributed by atoms with van der Waals surface area (Å²) in [7, 11) is -2.29. The van der Waals surface area contributed by atoms with Gasteiger partial charge in [0.2, 0.25) is 0 Å². The molecule has 0 aliphatic heterocycles. The van der Waals surface area contributed by atoms with E-state index in [9.17, 15) is 22.8 Å². The van der Waals surface area contributed by atoms with Crippen LogP contribution >= 0.6 is 11.3 Å². The fourth-order valence-electron chi connectivity index (χ4n) is 3.69. The van der Waals surface area contributed by atoms with E-state index in [1.807, 2.05) is 6.92 Å². The lowest BCUT2D eigenvalue weighted by Crippen LogP contribution is -2.21. The number of thiazole rings is 1. The topological polar surface area (TPSA) is 165 Å². The molecule has 0 saturated carbocycles. The number of hydrogen-bond acceptors (Lipinski definition) is 9. The van der Waals surface area contributed by atoms with Gasteiger partial charge in [-0.15, -0.1) is 11.3 Å². The molecule has 0 aliphatic carbocycles. The maximum atomic E-state index is 13.3. The minimum absolute atomic E-state index is 0.112. The summed E-state index contributed by atoms with van der Waals surface area (Å²) in [4.78, 5) is 45.5. The van der Waals surface area contributed by atoms with Gasteiger partial charge in [0.05, 0.1) is 29.7 Å². The number of carbonyl (C=O) groups is 3. The molecular formula is C27H24N4O7S2. The molecule has 0 bridgehead atoms. The Kier molecular flexibility index (Phi) is 8.55. The molecular weight excluding hydrogens is 556 g/mol. The third-order valence-electron chi connectivity index (χ3n) is 5.71. The summed E-state index contributed by atoms with van der Waals surface area (Å²) < 4.78 is 30.5. The maximum absolute atomic E-state index is 13.3. The number of aromatic nitrogens is 2. The Bertz CT molecular complexity index is 1680. The lowest BCUT2D eigenvalue weighted by Gasteiger charge is -2.13. The van der Waals surface area contributed by atoms with Crippen molar-refractivity contribution in [3.05, 3.63) is 94.1 Å². The fourth-order valence-corrected chi connectivity index (χ4v) is 5.82. The second-order valence-electron chi connectivity index (χ2n) is 8.55. The van der Waals surface area contributed by atoms with Crippen LogP contribution in [0.25, 0.3) is 0 Å². The van der Waals surface area contributed by atoms with Crippen molar-refractivity contribution in [2.75, 3.05) is 23.5 Å². The number of anilines is 2. The van der Waals surface area contributed by atoms with Crippen LogP contribution in [0.15, 0.2) is 72.0 Å². The molecule has 2 heterocycles. The number of benzene rings is 2. The van der Waals surface area contributed by atoms with Crippen LogP contribution in [0, 0.1) is 6.92 Å². The number of ketones is 1. The average molecular weight is 581 g/mol. The van der Waals surface area contributed by atoms with Crippen molar-refractivity contribution in [1.29, 1.82) is 0 Å². The molecule has 13 heteroatoms. The highest BCUT2D eigenvalue weighted by atomic mass is 32.2. The van der Waals surface area contributed by atoms with Gasteiger partial charge >= 0.3 is 12.0 Å². The Morgan fingerprint density at radius 2 is 1.75 bits per heavy atom. The van der Waals surface area contributed by atoms with Crippen molar-refractivity contribution in [1.82, 2.24) is 9.97 Å². The van der Waals surface area contributed by atoms with Gasteiger partial charge in [0.1, 0.15) is 5.75 Å². The second kappa shape index (κ2) is 12.1. The molecule has 206 valence electrons. The van der Waals surface area contributed by atoms with Gasteiger partial charge in [0, 0.05) is 22.8 Å². The normalized spacial score (nSPS) is 11.1. The molecule has 0 unspecified atom stereocenters. The Hall–Kier alpha value is -4.62. The van der Waals surface area contributed by atoms with Gasteiger partial charge in [-0.3, -0.25) is 10.1 Å². The number of hydrogen-bond donors (Lipinski definition) is 3. The number of urea groups is 1. The summed E-state index contributed by atoms with van der Waals surface area (Å²) in [5.41, 5.74) is 1.65. The zero-order valence-corrected chi connectivity index (χ0v) is 23.0. The molecule has 11 nitrogen and oxygen atoms in total. The monoisotopic (exact) mass is 580 g/mol. The number of methoxy groups -OCH3 is 1. The molecule has 0 atom stereocenters. The van der Waals surface area contributed by atoms with Crippen molar-refractivity contribution in [2.24, 2.45) is 0 Å². The highest BCUT2D eigenvalue weighted by Crippen LogP contribution is 2.27. The van der Waals surface area contributed by atoms with Gasteiger partial charge in [0.25, 0.3) is 0 Å². The summed E-state index contributed by atoms with van der Waals surface area (Å²) >= 11 is 1.10. The molecule has 0 aliphatic rings. The number of nitrogens with zero attached hydrogens (tertiary/aromatic N) is 2. The molecule has 4 aromatic rings. The summed E-state index contributed by atoms with van der Waals surface area (Å²) in [5, 5.41) is 14.2. The van der Waals surface area contributed by atoms with E-state index >= 15 is 0 Å². The minimum Gasteiger partial charge on any atom is -0.496 e. The first-order chi connectivity index (χ1) is 19.1. The summed E-state index contributed by atoms with van der Waals surface area (Å²) in [6.45, 7) is 1.83. The lowest BCUT2D eigenvalue weighted by molar-refractivity contribution is 0.0696. The first-order valence-electron chi connectivity index (χ1n) is 11.8. The Morgan fingerprint density at radius 1 is 0.975 bits per heavy atom.